The molecule has 0 spiro atoms. The number of aromatic nitrogens is 2. The molecule has 19 heavy (non-hydrogen) atoms. The average Bonchev–Trinajstić information content (AvgIpc) is 2.25. The van der Waals surface area contributed by atoms with Crippen LogP contribution < -0.4 is 10.6 Å². The van der Waals surface area contributed by atoms with Crippen molar-refractivity contribution in [3.63, 3.8) is 0 Å². The van der Waals surface area contributed by atoms with E-state index in [9.17, 15) is 8.42 Å². The summed E-state index contributed by atoms with van der Waals surface area (Å²) in [6.07, 6.45) is 1.23. The van der Waals surface area contributed by atoms with Gasteiger partial charge in [-0.05, 0) is 6.92 Å². The summed E-state index contributed by atoms with van der Waals surface area (Å²) in [6, 6.07) is 1.57. The van der Waals surface area contributed by atoms with Crippen molar-refractivity contribution in [2.45, 2.75) is 32.7 Å². The molecule has 0 radical (unpaired) electrons. The van der Waals surface area contributed by atoms with Crippen molar-refractivity contribution < 1.29 is 8.42 Å². The van der Waals surface area contributed by atoms with Crippen molar-refractivity contribution in [3.05, 3.63) is 11.9 Å². The van der Waals surface area contributed by atoms with E-state index in [0.29, 0.717) is 11.6 Å². The van der Waals surface area contributed by atoms with E-state index in [-0.39, 0.29) is 17.7 Å². The normalized spacial score (nSPS) is 13.4. The molecular formula is C12H22N4O2S. The fraction of sp³-hybridized carbons (Fsp3) is 0.667. The summed E-state index contributed by atoms with van der Waals surface area (Å²) in [5.74, 6) is 2.36. The number of anilines is 2. The quantitative estimate of drug-likeness (QED) is 0.824. The van der Waals surface area contributed by atoms with Gasteiger partial charge in [0.15, 0.2) is 0 Å². The third kappa shape index (κ3) is 5.42. The Labute approximate surface area is 115 Å². The number of hydrogen-bond acceptors (Lipinski definition) is 6. The summed E-state index contributed by atoms with van der Waals surface area (Å²) < 4.78 is 22.5. The maximum atomic E-state index is 11.2. The fourth-order valence-electron chi connectivity index (χ4n) is 1.67. The largest absolute Gasteiger partial charge is 0.373 e. The molecule has 108 valence electrons. The van der Waals surface area contributed by atoms with Crippen LogP contribution in [0.25, 0.3) is 0 Å². The molecule has 0 saturated heterocycles. The second-order valence-corrected chi connectivity index (χ2v) is 7.22. The predicted molar refractivity (Wildman–Crippen MR) is 78.5 cm³/mol. The van der Waals surface area contributed by atoms with Crippen LogP contribution in [0.5, 0.6) is 0 Å². The van der Waals surface area contributed by atoms with Crippen molar-refractivity contribution in [1.82, 2.24) is 9.97 Å². The highest BCUT2D eigenvalue weighted by Crippen LogP contribution is 2.17. The molecule has 0 fully saturated rings. The summed E-state index contributed by atoms with van der Waals surface area (Å²) in [5.41, 5.74) is 0. The van der Waals surface area contributed by atoms with Gasteiger partial charge in [0, 0.05) is 31.3 Å². The first-order valence-corrected chi connectivity index (χ1v) is 8.28. The van der Waals surface area contributed by atoms with Crippen LogP contribution in [0.1, 0.15) is 32.5 Å². The third-order valence-corrected chi connectivity index (χ3v) is 3.57. The number of rotatable bonds is 6. The smallest absolute Gasteiger partial charge is 0.149 e. The molecule has 0 aromatic carbocycles. The molecule has 0 saturated carbocycles. The third-order valence-electron chi connectivity index (χ3n) is 2.46. The Morgan fingerprint density at radius 1 is 1.21 bits per heavy atom. The molecule has 1 aromatic heterocycles. The fourth-order valence-corrected chi connectivity index (χ4v) is 2.67. The average molecular weight is 286 g/mol. The van der Waals surface area contributed by atoms with E-state index in [1.54, 1.807) is 13.1 Å². The Morgan fingerprint density at radius 3 is 2.26 bits per heavy atom. The lowest BCUT2D eigenvalue weighted by atomic mass is 10.2. The second-order valence-electron chi connectivity index (χ2n) is 5.04. The van der Waals surface area contributed by atoms with Crippen molar-refractivity contribution in [1.29, 1.82) is 0 Å². The van der Waals surface area contributed by atoms with Crippen LogP contribution in [0, 0.1) is 0 Å². The standard InChI is InChI=1S/C12H22N4O2S/c1-8(2)12-15-10(13-4)6-11(16-12)14-9(3)7-19(5,17)18/h6,8-9H,7H2,1-5H3,(H2,13,14,15,16). The van der Waals surface area contributed by atoms with Crippen LogP contribution in [-0.2, 0) is 9.84 Å². The molecule has 1 atom stereocenters. The highest BCUT2D eigenvalue weighted by atomic mass is 32.2. The molecule has 1 unspecified atom stereocenters. The highest BCUT2D eigenvalue weighted by molar-refractivity contribution is 7.90. The minimum Gasteiger partial charge on any atom is -0.373 e. The van der Waals surface area contributed by atoms with Gasteiger partial charge in [0.05, 0.1) is 5.75 Å². The first kappa shape index (κ1) is 15.7. The highest BCUT2D eigenvalue weighted by Gasteiger charge is 2.13. The van der Waals surface area contributed by atoms with Crippen molar-refractivity contribution in [2.75, 3.05) is 29.7 Å². The Hall–Kier alpha value is -1.37. The van der Waals surface area contributed by atoms with Gasteiger partial charge >= 0.3 is 0 Å². The van der Waals surface area contributed by atoms with Gasteiger partial charge in [-0.2, -0.15) is 0 Å². The van der Waals surface area contributed by atoms with Gasteiger partial charge < -0.3 is 10.6 Å². The molecule has 2 N–H and O–H groups in total. The minimum absolute atomic E-state index is 0.0723. The van der Waals surface area contributed by atoms with Gasteiger partial charge in [0.2, 0.25) is 0 Å². The summed E-state index contributed by atoms with van der Waals surface area (Å²) in [4.78, 5) is 8.75. The summed E-state index contributed by atoms with van der Waals surface area (Å²) in [7, 11) is -1.22. The van der Waals surface area contributed by atoms with E-state index in [4.69, 9.17) is 0 Å². The van der Waals surface area contributed by atoms with Gasteiger partial charge in [-0.1, -0.05) is 13.8 Å². The number of nitrogens with one attached hydrogen (secondary N) is 2. The summed E-state index contributed by atoms with van der Waals surface area (Å²) in [5, 5.41) is 6.07. The number of nitrogens with zero attached hydrogens (tertiary/aromatic N) is 2. The summed E-state index contributed by atoms with van der Waals surface area (Å²) >= 11 is 0. The van der Waals surface area contributed by atoms with E-state index in [1.165, 1.54) is 6.26 Å². The van der Waals surface area contributed by atoms with Crippen molar-refractivity contribution in [3.8, 4) is 0 Å². The van der Waals surface area contributed by atoms with Crippen LogP contribution in [-0.4, -0.2) is 43.5 Å². The van der Waals surface area contributed by atoms with Crippen molar-refractivity contribution in [2.24, 2.45) is 0 Å². The zero-order valence-corrected chi connectivity index (χ0v) is 12.9. The molecule has 0 bridgehead atoms. The molecule has 6 nitrogen and oxygen atoms in total. The van der Waals surface area contributed by atoms with Gasteiger partial charge in [0.1, 0.15) is 27.3 Å². The molecule has 1 aromatic rings. The maximum absolute atomic E-state index is 11.2. The first-order chi connectivity index (χ1) is 8.71. The van der Waals surface area contributed by atoms with E-state index in [0.717, 1.165) is 5.82 Å². The molecule has 7 heteroatoms. The molecule has 0 amide bonds. The monoisotopic (exact) mass is 286 g/mol. The van der Waals surface area contributed by atoms with Gasteiger partial charge in [-0.15, -0.1) is 0 Å². The molecule has 0 aliphatic rings. The van der Waals surface area contributed by atoms with Crippen molar-refractivity contribution >= 4 is 21.5 Å². The van der Waals surface area contributed by atoms with Gasteiger partial charge in [0.25, 0.3) is 0 Å². The SMILES string of the molecule is CNc1cc(NC(C)CS(C)(=O)=O)nc(C(C)C)n1. The molecule has 0 aliphatic heterocycles. The lowest BCUT2D eigenvalue weighted by Gasteiger charge is -2.15. The van der Waals surface area contributed by atoms with E-state index in [2.05, 4.69) is 20.6 Å². The first-order valence-electron chi connectivity index (χ1n) is 6.22. The molecule has 1 rings (SSSR count). The van der Waals surface area contributed by atoms with Crippen LogP contribution >= 0.6 is 0 Å². The van der Waals surface area contributed by atoms with E-state index in [1.807, 2.05) is 20.8 Å². The Morgan fingerprint density at radius 2 is 1.79 bits per heavy atom. The Kier molecular flexibility index (Phi) is 5.11. The lowest BCUT2D eigenvalue weighted by Crippen LogP contribution is -2.25. The van der Waals surface area contributed by atoms with E-state index < -0.39 is 9.84 Å². The van der Waals surface area contributed by atoms with Crippen LogP contribution in [0.3, 0.4) is 0 Å². The van der Waals surface area contributed by atoms with Crippen LogP contribution in [0.15, 0.2) is 6.07 Å². The van der Waals surface area contributed by atoms with Gasteiger partial charge in [-0.25, -0.2) is 18.4 Å². The maximum Gasteiger partial charge on any atom is 0.149 e. The number of hydrogen-bond donors (Lipinski definition) is 2. The zero-order valence-electron chi connectivity index (χ0n) is 12.1. The lowest BCUT2D eigenvalue weighted by molar-refractivity contribution is 0.598. The molecule has 1 heterocycles. The predicted octanol–water partition coefficient (Wildman–Crippen LogP) is 1.49. The van der Waals surface area contributed by atoms with E-state index >= 15 is 0 Å². The number of sulfone groups is 1. The topological polar surface area (TPSA) is 84.0 Å². The van der Waals surface area contributed by atoms with Gasteiger partial charge in [-0.3, -0.25) is 0 Å². The summed E-state index contributed by atoms with van der Waals surface area (Å²) in [6.45, 7) is 5.84. The second kappa shape index (κ2) is 6.18. The van der Waals surface area contributed by atoms with Crippen LogP contribution in [0.2, 0.25) is 0 Å². The van der Waals surface area contributed by atoms with Crippen LogP contribution in [0.4, 0.5) is 11.6 Å². The minimum atomic E-state index is -3.01. The Balaban J connectivity index is 2.91. The zero-order chi connectivity index (χ0) is 14.6. The molecule has 0 aliphatic carbocycles. The Bertz CT molecular complexity index is 529. The molecular weight excluding hydrogens is 264 g/mol.